The van der Waals surface area contributed by atoms with E-state index in [1.54, 1.807) is 0 Å². The van der Waals surface area contributed by atoms with Crippen LogP contribution in [0.4, 0.5) is 0 Å². The van der Waals surface area contributed by atoms with Gasteiger partial charge >= 0.3 is 0 Å². The zero-order valence-corrected chi connectivity index (χ0v) is 15.6. The number of aromatic nitrogens is 2. The van der Waals surface area contributed by atoms with Crippen LogP contribution in [0.3, 0.4) is 0 Å². The first kappa shape index (κ1) is 17.5. The van der Waals surface area contributed by atoms with E-state index in [9.17, 15) is 0 Å². The average molecular weight is 339 g/mol. The highest BCUT2D eigenvalue weighted by molar-refractivity contribution is 5.80. The molecule has 0 bridgehead atoms. The van der Waals surface area contributed by atoms with Gasteiger partial charge in [0, 0.05) is 39.9 Å². The van der Waals surface area contributed by atoms with Gasteiger partial charge in [-0.3, -0.25) is 9.67 Å². The normalized spacial score (nSPS) is 18.0. The van der Waals surface area contributed by atoms with Crippen LogP contribution in [0.25, 0.3) is 0 Å². The lowest BCUT2D eigenvalue weighted by Crippen LogP contribution is -2.41. The molecule has 134 valence electrons. The van der Waals surface area contributed by atoms with E-state index in [0.29, 0.717) is 5.92 Å². The Bertz CT molecular complexity index is 701. The fourth-order valence-corrected chi connectivity index (χ4v) is 3.51. The molecule has 5 nitrogen and oxygen atoms in total. The summed E-state index contributed by atoms with van der Waals surface area (Å²) in [6.07, 6.45) is 7.44. The number of nitrogens with zero attached hydrogens (tertiary/aromatic N) is 4. The number of hydrogen-bond donors (Lipinski definition) is 1. The largest absolute Gasteiger partial charge is 0.356 e. The second-order valence-corrected chi connectivity index (χ2v) is 7.04. The van der Waals surface area contributed by atoms with Crippen molar-refractivity contribution in [1.29, 1.82) is 0 Å². The van der Waals surface area contributed by atoms with Gasteiger partial charge in [0.2, 0.25) is 0 Å². The summed E-state index contributed by atoms with van der Waals surface area (Å²) in [7, 11) is 3.85. The third kappa shape index (κ3) is 4.84. The topological polar surface area (TPSA) is 45.5 Å². The third-order valence-electron chi connectivity index (χ3n) is 4.90. The first-order valence-electron chi connectivity index (χ1n) is 9.12. The number of guanidine groups is 1. The minimum absolute atomic E-state index is 0.680. The molecule has 1 saturated heterocycles. The van der Waals surface area contributed by atoms with Gasteiger partial charge in [-0.2, -0.15) is 5.10 Å². The maximum atomic E-state index is 4.48. The van der Waals surface area contributed by atoms with Crippen molar-refractivity contribution < 1.29 is 0 Å². The molecule has 0 aliphatic carbocycles. The average Bonchev–Trinajstić information content (AvgIpc) is 3.23. The molecule has 1 unspecified atom stereocenters. The zero-order valence-electron chi connectivity index (χ0n) is 15.6. The summed E-state index contributed by atoms with van der Waals surface area (Å²) in [6, 6.07) is 8.76. The van der Waals surface area contributed by atoms with Gasteiger partial charge in [0.25, 0.3) is 0 Å². The molecule has 1 aliphatic rings. The van der Waals surface area contributed by atoms with Crippen molar-refractivity contribution in [1.82, 2.24) is 20.0 Å². The van der Waals surface area contributed by atoms with E-state index in [4.69, 9.17) is 0 Å². The second kappa shape index (κ2) is 8.19. The van der Waals surface area contributed by atoms with Gasteiger partial charge in [0.05, 0.1) is 6.20 Å². The van der Waals surface area contributed by atoms with E-state index >= 15 is 0 Å². The van der Waals surface area contributed by atoms with Gasteiger partial charge in [0.15, 0.2) is 5.96 Å². The first-order chi connectivity index (χ1) is 12.1. The summed E-state index contributed by atoms with van der Waals surface area (Å²) in [6.45, 7) is 5.19. The first-order valence-corrected chi connectivity index (χ1v) is 9.12. The molecule has 0 amide bonds. The lowest BCUT2D eigenvalue weighted by atomic mass is 10.0. The lowest BCUT2D eigenvalue weighted by molar-refractivity contribution is 0.460. The Kier molecular flexibility index (Phi) is 5.74. The van der Waals surface area contributed by atoms with Crippen LogP contribution < -0.4 is 5.32 Å². The highest BCUT2D eigenvalue weighted by Crippen LogP contribution is 2.20. The Morgan fingerprint density at radius 1 is 1.28 bits per heavy atom. The third-order valence-corrected chi connectivity index (χ3v) is 4.90. The van der Waals surface area contributed by atoms with Crippen molar-refractivity contribution >= 4 is 5.96 Å². The quantitative estimate of drug-likeness (QED) is 0.672. The van der Waals surface area contributed by atoms with Gasteiger partial charge < -0.3 is 10.2 Å². The molecular formula is C20H29N5. The zero-order chi connectivity index (χ0) is 17.6. The fraction of sp³-hybridized carbons (Fsp3) is 0.500. The maximum absolute atomic E-state index is 4.48. The molecule has 1 aromatic heterocycles. The van der Waals surface area contributed by atoms with Gasteiger partial charge in [0.1, 0.15) is 0 Å². The van der Waals surface area contributed by atoms with Crippen LogP contribution in [0, 0.1) is 12.8 Å². The highest BCUT2D eigenvalue weighted by Gasteiger charge is 2.25. The molecule has 1 aromatic carbocycles. The molecule has 25 heavy (non-hydrogen) atoms. The monoisotopic (exact) mass is 339 g/mol. The van der Waals surface area contributed by atoms with Gasteiger partial charge in [-0.05, 0) is 43.2 Å². The number of hydrogen-bond acceptors (Lipinski definition) is 2. The minimum Gasteiger partial charge on any atom is -0.356 e. The summed E-state index contributed by atoms with van der Waals surface area (Å²) in [5.74, 6) is 1.71. The Morgan fingerprint density at radius 3 is 2.76 bits per heavy atom. The fourth-order valence-electron chi connectivity index (χ4n) is 3.51. The van der Waals surface area contributed by atoms with E-state index in [2.05, 4.69) is 57.7 Å². The molecule has 0 saturated carbocycles. The lowest BCUT2D eigenvalue weighted by Gasteiger charge is -2.21. The van der Waals surface area contributed by atoms with E-state index in [1.807, 2.05) is 25.0 Å². The number of likely N-dealkylation sites (tertiary alicyclic amines) is 1. The SMILES string of the molecule is CN=C(NCCc1ccc(C)cc1)N1CCC(Cc2cnn(C)c2)C1. The molecule has 1 fully saturated rings. The van der Waals surface area contributed by atoms with Crippen LogP contribution in [-0.4, -0.2) is 47.3 Å². The minimum atomic E-state index is 0.680. The predicted molar refractivity (Wildman–Crippen MR) is 103 cm³/mol. The molecule has 5 heteroatoms. The smallest absolute Gasteiger partial charge is 0.193 e. The van der Waals surface area contributed by atoms with Crippen molar-refractivity contribution in [3.05, 3.63) is 53.3 Å². The summed E-state index contributed by atoms with van der Waals surface area (Å²) >= 11 is 0. The molecule has 1 N–H and O–H groups in total. The number of benzene rings is 1. The molecule has 1 aliphatic heterocycles. The van der Waals surface area contributed by atoms with Gasteiger partial charge in [-0.1, -0.05) is 29.8 Å². The van der Waals surface area contributed by atoms with E-state index in [0.717, 1.165) is 38.4 Å². The summed E-state index contributed by atoms with van der Waals surface area (Å²) < 4.78 is 1.88. The van der Waals surface area contributed by atoms with Gasteiger partial charge in [-0.15, -0.1) is 0 Å². The van der Waals surface area contributed by atoms with E-state index in [1.165, 1.54) is 23.1 Å². The van der Waals surface area contributed by atoms with Crippen molar-refractivity contribution in [3.63, 3.8) is 0 Å². The second-order valence-electron chi connectivity index (χ2n) is 7.04. The van der Waals surface area contributed by atoms with Gasteiger partial charge in [-0.25, -0.2) is 0 Å². The summed E-state index contributed by atoms with van der Waals surface area (Å²) in [5.41, 5.74) is 4.00. The standard InChI is InChI=1S/C20H29N5/c1-16-4-6-17(7-5-16)8-10-22-20(21-2)25-11-9-18(15-25)12-19-13-23-24(3)14-19/h4-7,13-14,18H,8-12,15H2,1-3H3,(H,21,22). The Labute approximate surface area is 150 Å². The Morgan fingerprint density at radius 2 is 2.08 bits per heavy atom. The van der Waals surface area contributed by atoms with E-state index < -0.39 is 0 Å². The van der Waals surface area contributed by atoms with Crippen molar-refractivity contribution in [3.8, 4) is 0 Å². The highest BCUT2D eigenvalue weighted by atomic mass is 15.3. The predicted octanol–water partition coefficient (Wildman–Crippen LogP) is 2.41. The van der Waals surface area contributed by atoms with Crippen LogP contribution >= 0.6 is 0 Å². The van der Waals surface area contributed by atoms with Crippen molar-refractivity contribution in [2.75, 3.05) is 26.7 Å². The molecule has 1 atom stereocenters. The Hall–Kier alpha value is -2.30. The van der Waals surface area contributed by atoms with Crippen LogP contribution in [0.5, 0.6) is 0 Å². The summed E-state index contributed by atoms with van der Waals surface area (Å²) in [4.78, 5) is 6.86. The number of rotatable bonds is 5. The molecular weight excluding hydrogens is 310 g/mol. The van der Waals surface area contributed by atoms with Crippen molar-refractivity contribution in [2.45, 2.75) is 26.2 Å². The summed E-state index contributed by atoms with van der Waals surface area (Å²) in [5, 5.41) is 7.79. The molecule has 0 radical (unpaired) electrons. The molecule has 2 heterocycles. The van der Waals surface area contributed by atoms with Crippen LogP contribution in [-0.2, 0) is 19.9 Å². The van der Waals surface area contributed by atoms with Crippen LogP contribution in [0.2, 0.25) is 0 Å². The molecule has 2 aromatic rings. The number of aryl methyl sites for hydroxylation is 2. The van der Waals surface area contributed by atoms with E-state index in [-0.39, 0.29) is 0 Å². The maximum Gasteiger partial charge on any atom is 0.193 e. The number of nitrogens with one attached hydrogen (secondary N) is 1. The molecule has 0 spiro atoms. The Balaban J connectivity index is 1.46. The van der Waals surface area contributed by atoms with Crippen molar-refractivity contribution in [2.24, 2.45) is 18.0 Å². The van der Waals surface area contributed by atoms with Crippen LogP contribution in [0.15, 0.2) is 41.7 Å². The molecule has 3 rings (SSSR count). The van der Waals surface area contributed by atoms with Crippen LogP contribution in [0.1, 0.15) is 23.1 Å². The number of aliphatic imine (C=N–C) groups is 1.